The summed E-state index contributed by atoms with van der Waals surface area (Å²) in [6, 6.07) is 10.2. The number of benzene rings is 1. The smallest absolute Gasteiger partial charge is 0.341 e. The monoisotopic (exact) mass is 365 g/mol. The number of ether oxygens (including phenoxy) is 1. The number of ketones is 1. The van der Waals surface area contributed by atoms with Crippen molar-refractivity contribution in [2.24, 2.45) is 0 Å². The SMILES string of the molecule is CSc1ncccc1C(=O)OCC(=O)c1ccc(Br)cc1. The van der Waals surface area contributed by atoms with E-state index < -0.39 is 5.97 Å². The lowest BCUT2D eigenvalue weighted by atomic mass is 10.1. The summed E-state index contributed by atoms with van der Waals surface area (Å²) in [7, 11) is 0. The zero-order valence-corrected chi connectivity index (χ0v) is 13.6. The highest BCUT2D eigenvalue weighted by molar-refractivity contribution is 9.10. The first-order valence-electron chi connectivity index (χ1n) is 6.06. The van der Waals surface area contributed by atoms with Gasteiger partial charge in [-0.15, -0.1) is 11.8 Å². The standard InChI is InChI=1S/C15H12BrNO3S/c1-21-14-12(3-2-8-17-14)15(19)20-9-13(18)10-4-6-11(16)7-5-10/h2-8H,9H2,1H3. The van der Waals surface area contributed by atoms with E-state index >= 15 is 0 Å². The molecule has 2 rings (SSSR count). The Kier molecular flexibility index (Phi) is 5.52. The fourth-order valence-corrected chi connectivity index (χ4v) is 2.44. The van der Waals surface area contributed by atoms with E-state index in [0.29, 0.717) is 16.2 Å². The summed E-state index contributed by atoms with van der Waals surface area (Å²) in [6.45, 7) is -0.289. The van der Waals surface area contributed by atoms with Crippen LogP contribution in [0.3, 0.4) is 0 Å². The highest BCUT2D eigenvalue weighted by atomic mass is 79.9. The van der Waals surface area contributed by atoms with Crippen LogP contribution in [0, 0.1) is 0 Å². The zero-order chi connectivity index (χ0) is 15.2. The Hall–Kier alpha value is -1.66. The van der Waals surface area contributed by atoms with E-state index in [1.165, 1.54) is 11.8 Å². The van der Waals surface area contributed by atoms with E-state index in [1.54, 1.807) is 42.6 Å². The van der Waals surface area contributed by atoms with Crippen molar-refractivity contribution in [1.82, 2.24) is 4.98 Å². The molecule has 2 aromatic rings. The van der Waals surface area contributed by atoms with Crippen LogP contribution in [0.5, 0.6) is 0 Å². The van der Waals surface area contributed by atoms with Crippen LogP contribution in [0.15, 0.2) is 52.1 Å². The molecule has 0 aliphatic heterocycles. The molecule has 0 aliphatic rings. The number of carbonyl (C=O) groups excluding carboxylic acids is 2. The molecule has 21 heavy (non-hydrogen) atoms. The number of hydrogen-bond donors (Lipinski definition) is 0. The maximum Gasteiger partial charge on any atom is 0.341 e. The van der Waals surface area contributed by atoms with Gasteiger partial charge in [0.1, 0.15) is 5.03 Å². The summed E-state index contributed by atoms with van der Waals surface area (Å²) in [5.41, 5.74) is 0.871. The van der Waals surface area contributed by atoms with Crippen LogP contribution in [0.2, 0.25) is 0 Å². The van der Waals surface area contributed by atoms with E-state index in [4.69, 9.17) is 4.74 Å². The normalized spacial score (nSPS) is 10.2. The predicted molar refractivity (Wildman–Crippen MR) is 84.8 cm³/mol. The Labute approximate surface area is 135 Å². The molecule has 108 valence electrons. The Morgan fingerprint density at radius 2 is 1.95 bits per heavy atom. The third-order valence-corrected chi connectivity index (χ3v) is 3.93. The van der Waals surface area contributed by atoms with Gasteiger partial charge in [-0.1, -0.05) is 28.1 Å². The summed E-state index contributed by atoms with van der Waals surface area (Å²) >= 11 is 4.65. The van der Waals surface area contributed by atoms with Gasteiger partial charge in [0, 0.05) is 16.2 Å². The molecule has 0 unspecified atom stereocenters. The minimum absolute atomic E-state index is 0.245. The fraction of sp³-hybridized carbons (Fsp3) is 0.133. The molecule has 0 fully saturated rings. The molecule has 0 N–H and O–H groups in total. The number of carbonyl (C=O) groups is 2. The fourth-order valence-electron chi connectivity index (χ4n) is 1.64. The van der Waals surface area contributed by atoms with Gasteiger partial charge in [0.15, 0.2) is 12.4 Å². The number of aromatic nitrogens is 1. The van der Waals surface area contributed by atoms with E-state index in [9.17, 15) is 9.59 Å². The van der Waals surface area contributed by atoms with Gasteiger partial charge >= 0.3 is 5.97 Å². The van der Waals surface area contributed by atoms with Crippen molar-refractivity contribution >= 4 is 39.4 Å². The number of thioether (sulfide) groups is 1. The number of pyridine rings is 1. The molecule has 0 bridgehead atoms. The maximum absolute atomic E-state index is 12.0. The van der Waals surface area contributed by atoms with E-state index in [1.807, 2.05) is 6.26 Å². The molecule has 0 spiro atoms. The van der Waals surface area contributed by atoms with Gasteiger partial charge in [0.2, 0.25) is 0 Å². The molecule has 1 heterocycles. The van der Waals surface area contributed by atoms with Crippen molar-refractivity contribution in [2.75, 3.05) is 12.9 Å². The molecule has 1 aromatic carbocycles. The second-order valence-electron chi connectivity index (χ2n) is 4.07. The number of esters is 1. The number of Topliss-reactive ketones (excluding diaryl/α,β-unsaturated/α-hetero) is 1. The highest BCUT2D eigenvalue weighted by Gasteiger charge is 2.15. The zero-order valence-electron chi connectivity index (χ0n) is 11.2. The molecule has 0 atom stereocenters. The molecule has 1 aromatic heterocycles. The van der Waals surface area contributed by atoms with Crippen molar-refractivity contribution in [2.45, 2.75) is 5.03 Å². The summed E-state index contributed by atoms with van der Waals surface area (Å²) in [6.07, 6.45) is 3.43. The topological polar surface area (TPSA) is 56.3 Å². The van der Waals surface area contributed by atoms with Crippen molar-refractivity contribution in [3.63, 3.8) is 0 Å². The predicted octanol–water partition coefficient (Wildman–Crippen LogP) is 3.61. The molecule has 0 saturated heterocycles. The molecular weight excluding hydrogens is 354 g/mol. The van der Waals surface area contributed by atoms with Crippen molar-refractivity contribution in [1.29, 1.82) is 0 Å². The molecule has 4 nitrogen and oxygen atoms in total. The lowest BCUT2D eigenvalue weighted by Crippen LogP contribution is -2.15. The van der Waals surface area contributed by atoms with Gasteiger partial charge in [0.05, 0.1) is 5.56 Å². The Balaban J connectivity index is 2.01. The maximum atomic E-state index is 12.0. The number of nitrogens with zero attached hydrogens (tertiary/aromatic N) is 1. The van der Waals surface area contributed by atoms with Crippen molar-refractivity contribution in [3.8, 4) is 0 Å². The van der Waals surface area contributed by atoms with E-state index in [-0.39, 0.29) is 12.4 Å². The van der Waals surface area contributed by atoms with Gasteiger partial charge in [-0.25, -0.2) is 9.78 Å². The van der Waals surface area contributed by atoms with Gasteiger partial charge in [-0.2, -0.15) is 0 Å². The number of hydrogen-bond acceptors (Lipinski definition) is 5. The molecule has 0 aliphatic carbocycles. The quantitative estimate of drug-likeness (QED) is 0.460. The van der Waals surface area contributed by atoms with Crippen LogP contribution in [0.25, 0.3) is 0 Å². The van der Waals surface area contributed by atoms with Crippen LogP contribution in [0.4, 0.5) is 0 Å². The van der Waals surface area contributed by atoms with Crippen LogP contribution < -0.4 is 0 Å². The summed E-state index contributed by atoms with van der Waals surface area (Å²) < 4.78 is 5.95. The third kappa shape index (κ3) is 4.15. The number of rotatable bonds is 5. The van der Waals surface area contributed by atoms with Crippen LogP contribution in [0.1, 0.15) is 20.7 Å². The average Bonchev–Trinajstić information content (AvgIpc) is 2.52. The second-order valence-corrected chi connectivity index (χ2v) is 5.78. The van der Waals surface area contributed by atoms with Gasteiger partial charge in [-0.3, -0.25) is 4.79 Å². The Bertz CT molecular complexity index is 658. The lowest BCUT2D eigenvalue weighted by Gasteiger charge is -2.07. The first kappa shape index (κ1) is 15.7. The van der Waals surface area contributed by atoms with Crippen LogP contribution in [-0.4, -0.2) is 29.6 Å². The molecular formula is C15H12BrNO3S. The molecule has 0 saturated carbocycles. The largest absolute Gasteiger partial charge is 0.454 e. The van der Waals surface area contributed by atoms with Gasteiger partial charge in [0.25, 0.3) is 0 Å². The first-order valence-corrected chi connectivity index (χ1v) is 8.08. The van der Waals surface area contributed by atoms with Crippen LogP contribution >= 0.6 is 27.7 Å². The summed E-state index contributed by atoms with van der Waals surface area (Å²) in [4.78, 5) is 28.0. The van der Waals surface area contributed by atoms with E-state index in [2.05, 4.69) is 20.9 Å². The van der Waals surface area contributed by atoms with Gasteiger partial charge < -0.3 is 4.74 Å². The van der Waals surface area contributed by atoms with Crippen LogP contribution in [-0.2, 0) is 4.74 Å². The average molecular weight is 366 g/mol. The Morgan fingerprint density at radius 3 is 2.62 bits per heavy atom. The first-order chi connectivity index (χ1) is 10.1. The third-order valence-electron chi connectivity index (χ3n) is 2.68. The van der Waals surface area contributed by atoms with Crippen molar-refractivity contribution in [3.05, 3.63) is 58.2 Å². The summed E-state index contributed by atoms with van der Waals surface area (Å²) in [5, 5.41) is 0.582. The molecule has 0 amide bonds. The minimum Gasteiger partial charge on any atom is -0.454 e. The molecule has 0 radical (unpaired) electrons. The van der Waals surface area contributed by atoms with E-state index in [0.717, 1.165) is 4.47 Å². The highest BCUT2D eigenvalue weighted by Crippen LogP contribution is 2.18. The second kappa shape index (κ2) is 7.38. The van der Waals surface area contributed by atoms with Crippen molar-refractivity contribution < 1.29 is 14.3 Å². The molecule has 6 heteroatoms. The summed E-state index contributed by atoms with van der Waals surface area (Å²) in [5.74, 6) is -0.789. The lowest BCUT2D eigenvalue weighted by molar-refractivity contribution is 0.0470. The minimum atomic E-state index is -0.544. The Morgan fingerprint density at radius 1 is 1.24 bits per heavy atom. The van der Waals surface area contributed by atoms with Gasteiger partial charge in [-0.05, 0) is 30.5 Å². The number of halogens is 1.